The van der Waals surface area contributed by atoms with Gasteiger partial charge in [0.1, 0.15) is 0 Å². The normalized spacial score (nSPS) is 13.5. The van der Waals surface area contributed by atoms with Crippen molar-refractivity contribution in [2.75, 3.05) is 0 Å². The van der Waals surface area contributed by atoms with Gasteiger partial charge in [-0.2, -0.15) is 0 Å². The second-order valence-corrected chi connectivity index (χ2v) is 5.84. The Labute approximate surface area is 125 Å². The van der Waals surface area contributed by atoms with Crippen molar-refractivity contribution in [3.63, 3.8) is 0 Å². The first-order valence-electron chi connectivity index (χ1n) is 5.96. The van der Waals surface area contributed by atoms with Crippen molar-refractivity contribution < 1.29 is 4.79 Å². The molecule has 0 aliphatic carbocycles. The molecule has 0 fully saturated rings. The van der Waals surface area contributed by atoms with E-state index < -0.39 is 0 Å². The van der Waals surface area contributed by atoms with Crippen molar-refractivity contribution in [3.05, 3.63) is 68.7 Å². The standard InChI is InChI=1S/C15H11BrClNO/c16-14-6-5-12(17)7-13(14)15(19)18-8-10-3-1-2-4-11(10)9-18/h1-7H,8-9H2. The van der Waals surface area contributed by atoms with E-state index in [1.54, 1.807) is 18.2 Å². The molecule has 0 saturated heterocycles. The molecular weight excluding hydrogens is 326 g/mol. The van der Waals surface area contributed by atoms with Crippen LogP contribution in [0.3, 0.4) is 0 Å². The van der Waals surface area contributed by atoms with E-state index in [2.05, 4.69) is 28.1 Å². The van der Waals surface area contributed by atoms with Crippen molar-refractivity contribution in [2.24, 2.45) is 0 Å². The lowest BCUT2D eigenvalue weighted by atomic mass is 10.1. The molecule has 0 atom stereocenters. The fraction of sp³-hybridized carbons (Fsp3) is 0.133. The number of amides is 1. The van der Waals surface area contributed by atoms with Gasteiger partial charge in [-0.3, -0.25) is 4.79 Å². The lowest BCUT2D eigenvalue weighted by Crippen LogP contribution is -2.25. The zero-order valence-corrected chi connectivity index (χ0v) is 12.4. The summed E-state index contributed by atoms with van der Waals surface area (Å²) in [5.41, 5.74) is 3.04. The van der Waals surface area contributed by atoms with E-state index in [0.717, 1.165) is 4.47 Å². The average Bonchev–Trinajstić information content (AvgIpc) is 2.84. The number of hydrogen-bond acceptors (Lipinski definition) is 1. The third-order valence-electron chi connectivity index (χ3n) is 3.29. The average molecular weight is 337 g/mol. The molecule has 0 saturated carbocycles. The summed E-state index contributed by atoms with van der Waals surface area (Å²) in [4.78, 5) is 14.4. The Hall–Kier alpha value is -1.32. The molecule has 2 nitrogen and oxygen atoms in total. The third kappa shape index (κ3) is 2.40. The molecule has 0 spiro atoms. The number of rotatable bonds is 1. The first kappa shape index (κ1) is 12.7. The highest BCUT2D eigenvalue weighted by Gasteiger charge is 2.25. The van der Waals surface area contributed by atoms with Gasteiger partial charge < -0.3 is 4.90 Å². The minimum atomic E-state index is 0.00516. The highest BCUT2D eigenvalue weighted by atomic mass is 79.9. The maximum absolute atomic E-state index is 12.5. The topological polar surface area (TPSA) is 20.3 Å². The lowest BCUT2D eigenvalue weighted by molar-refractivity contribution is 0.0750. The third-order valence-corrected chi connectivity index (χ3v) is 4.21. The Kier molecular flexibility index (Phi) is 3.33. The number of carbonyl (C=O) groups is 1. The van der Waals surface area contributed by atoms with Crippen LogP contribution in [0.2, 0.25) is 5.02 Å². The Morgan fingerprint density at radius 1 is 1.11 bits per heavy atom. The molecule has 2 aromatic rings. The summed E-state index contributed by atoms with van der Waals surface area (Å²) in [5.74, 6) is 0.00516. The van der Waals surface area contributed by atoms with Crippen LogP contribution in [-0.4, -0.2) is 10.8 Å². The van der Waals surface area contributed by atoms with Crippen molar-refractivity contribution >= 4 is 33.4 Å². The predicted octanol–water partition coefficient (Wildman–Crippen LogP) is 4.26. The van der Waals surface area contributed by atoms with Crippen LogP contribution in [0.1, 0.15) is 21.5 Å². The van der Waals surface area contributed by atoms with Crippen LogP contribution in [0.15, 0.2) is 46.9 Å². The largest absolute Gasteiger partial charge is 0.330 e. The number of hydrogen-bond donors (Lipinski definition) is 0. The number of benzene rings is 2. The molecule has 96 valence electrons. The molecule has 1 amide bonds. The van der Waals surface area contributed by atoms with Crippen LogP contribution < -0.4 is 0 Å². The predicted molar refractivity (Wildman–Crippen MR) is 79.2 cm³/mol. The Bertz CT molecular complexity index is 631. The van der Waals surface area contributed by atoms with Gasteiger partial charge in [0.2, 0.25) is 0 Å². The van der Waals surface area contributed by atoms with Gasteiger partial charge in [0.15, 0.2) is 0 Å². The molecule has 1 aliphatic heterocycles. The van der Waals surface area contributed by atoms with E-state index in [9.17, 15) is 4.79 Å². The Balaban J connectivity index is 1.89. The molecule has 1 heterocycles. The summed E-state index contributed by atoms with van der Waals surface area (Å²) in [5, 5.41) is 0.572. The first-order chi connectivity index (χ1) is 9.15. The van der Waals surface area contributed by atoms with E-state index in [1.807, 2.05) is 17.0 Å². The van der Waals surface area contributed by atoms with Gasteiger partial charge >= 0.3 is 0 Å². The molecule has 4 heteroatoms. The summed E-state index contributed by atoms with van der Waals surface area (Å²) in [6.45, 7) is 1.32. The second kappa shape index (κ2) is 4.99. The van der Waals surface area contributed by atoms with Crippen LogP contribution >= 0.6 is 27.5 Å². The van der Waals surface area contributed by atoms with Gasteiger partial charge in [-0.25, -0.2) is 0 Å². The molecule has 3 rings (SSSR count). The van der Waals surface area contributed by atoms with Gasteiger partial charge in [0, 0.05) is 22.6 Å². The fourth-order valence-corrected chi connectivity index (χ4v) is 2.90. The van der Waals surface area contributed by atoms with Gasteiger partial charge in [0.25, 0.3) is 5.91 Å². The molecular formula is C15H11BrClNO. The van der Waals surface area contributed by atoms with Gasteiger partial charge in [-0.15, -0.1) is 0 Å². The SMILES string of the molecule is O=C(c1cc(Cl)ccc1Br)N1Cc2ccccc2C1. The van der Waals surface area contributed by atoms with Crippen LogP contribution in [0.4, 0.5) is 0 Å². The fourth-order valence-electron chi connectivity index (χ4n) is 2.31. The first-order valence-corrected chi connectivity index (χ1v) is 7.13. The van der Waals surface area contributed by atoms with Crippen molar-refractivity contribution in [2.45, 2.75) is 13.1 Å². The zero-order chi connectivity index (χ0) is 13.4. The zero-order valence-electron chi connectivity index (χ0n) is 10.1. The molecule has 0 radical (unpaired) electrons. The van der Waals surface area contributed by atoms with Crippen molar-refractivity contribution in [1.82, 2.24) is 4.90 Å². The Morgan fingerprint density at radius 3 is 2.37 bits per heavy atom. The Morgan fingerprint density at radius 2 is 1.74 bits per heavy atom. The summed E-state index contributed by atoms with van der Waals surface area (Å²) in [6.07, 6.45) is 0. The van der Waals surface area contributed by atoms with E-state index in [4.69, 9.17) is 11.6 Å². The van der Waals surface area contributed by atoms with Crippen molar-refractivity contribution in [3.8, 4) is 0 Å². The number of halogens is 2. The molecule has 0 N–H and O–H groups in total. The van der Waals surface area contributed by atoms with Crippen LogP contribution in [0.5, 0.6) is 0 Å². The summed E-state index contributed by atoms with van der Waals surface area (Å²) >= 11 is 9.37. The van der Waals surface area contributed by atoms with Gasteiger partial charge in [-0.05, 0) is 45.3 Å². The second-order valence-electron chi connectivity index (χ2n) is 4.55. The summed E-state index contributed by atoms with van der Waals surface area (Å²) < 4.78 is 0.776. The quantitative estimate of drug-likeness (QED) is 0.762. The minimum absolute atomic E-state index is 0.00516. The van der Waals surface area contributed by atoms with Crippen LogP contribution in [0.25, 0.3) is 0 Å². The van der Waals surface area contributed by atoms with E-state index >= 15 is 0 Å². The van der Waals surface area contributed by atoms with Crippen LogP contribution in [-0.2, 0) is 13.1 Å². The molecule has 2 aromatic carbocycles. The maximum Gasteiger partial charge on any atom is 0.255 e. The monoisotopic (exact) mass is 335 g/mol. The molecule has 0 bridgehead atoms. The molecule has 0 unspecified atom stereocenters. The number of nitrogens with zero attached hydrogens (tertiary/aromatic N) is 1. The maximum atomic E-state index is 12.5. The number of fused-ring (bicyclic) bond motifs is 1. The minimum Gasteiger partial charge on any atom is -0.330 e. The summed E-state index contributed by atoms with van der Waals surface area (Å²) in [7, 11) is 0. The van der Waals surface area contributed by atoms with Crippen molar-refractivity contribution in [1.29, 1.82) is 0 Å². The molecule has 1 aliphatic rings. The lowest BCUT2D eigenvalue weighted by Gasteiger charge is -2.16. The van der Waals surface area contributed by atoms with Gasteiger partial charge in [0.05, 0.1) is 5.56 Å². The summed E-state index contributed by atoms with van der Waals surface area (Å²) in [6, 6.07) is 13.4. The highest BCUT2D eigenvalue weighted by molar-refractivity contribution is 9.10. The van der Waals surface area contributed by atoms with E-state index in [0.29, 0.717) is 23.7 Å². The number of carbonyl (C=O) groups excluding carboxylic acids is 1. The van der Waals surface area contributed by atoms with Crippen LogP contribution in [0, 0.1) is 0 Å². The molecule has 0 aromatic heterocycles. The molecule has 19 heavy (non-hydrogen) atoms. The van der Waals surface area contributed by atoms with E-state index in [1.165, 1.54) is 11.1 Å². The smallest absolute Gasteiger partial charge is 0.255 e. The van der Waals surface area contributed by atoms with Gasteiger partial charge in [-0.1, -0.05) is 35.9 Å². The van der Waals surface area contributed by atoms with E-state index in [-0.39, 0.29) is 5.91 Å². The highest BCUT2D eigenvalue weighted by Crippen LogP contribution is 2.27.